The first-order valence-electron chi connectivity index (χ1n) is 4.87. The van der Waals surface area contributed by atoms with Crippen LogP contribution in [-0.4, -0.2) is 30.1 Å². The van der Waals surface area contributed by atoms with Gasteiger partial charge in [0.15, 0.2) is 0 Å². The molecule has 3 nitrogen and oxygen atoms in total. The van der Waals surface area contributed by atoms with Crippen LogP contribution in [0.2, 0.25) is 0 Å². The summed E-state index contributed by atoms with van der Waals surface area (Å²) in [6, 6.07) is 0.332. The summed E-state index contributed by atoms with van der Waals surface area (Å²) in [5, 5.41) is 6.21. The summed E-state index contributed by atoms with van der Waals surface area (Å²) in [7, 11) is 1.66. The molecule has 1 aliphatic rings. The monoisotopic (exact) mass is 202 g/mol. The van der Waals surface area contributed by atoms with E-state index in [1.54, 1.807) is 7.05 Å². The summed E-state index contributed by atoms with van der Waals surface area (Å²) in [5.41, 5.74) is 0. The van der Waals surface area contributed by atoms with Crippen LogP contribution < -0.4 is 10.6 Å². The summed E-state index contributed by atoms with van der Waals surface area (Å²) >= 11 is 1.99. The lowest BCUT2D eigenvalue weighted by Gasteiger charge is -2.19. The highest BCUT2D eigenvalue weighted by atomic mass is 32.2. The highest BCUT2D eigenvalue weighted by Crippen LogP contribution is 2.29. The summed E-state index contributed by atoms with van der Waals surface area (Å²) in [6.07, 6.45) is 3.52. The normalized spacial score (nSPS) is 27.2. The van der Waals surface area contributed by atoms with E-state index in [9.17, 15) is 4.79 Å². The second kappa shape index (κ2) is 5.37. The Morgan fingerprint density at radius 2 is 2.38 bits per heavy atom. The average Bonchev–Trinajstić information content (AvgIpc) is 2.54. The summed E-state index contributed by atoms with van der Waals surface area (Å²) in [6.45, 7) is 2.19. The zero-order valence-electron chi connectivity index (χ0n) is 8.30. The SMILES string of the molecule is CCC[C@@H]1SCC[C@@H]1NC(=O)NC. The number of thioether (sulfide) groups is 1. The third kappa shape index (κ3) is 3.10. The molecule has 1 heterocycles. The Balaban J connectivity index is 2.34. The van der Waals surface area contributed by atoms with Gasteiger partial charge in [0.2, 0.25) is 0 Å². The first-order chi connectivity index (χ1) is 6.27. The van der Waals surface area contributed by atoms with Crippen LogP contribution in [0.25, 0.3) is 0 Å². The second-order valence-electron chi connectivity index (χ2n) is 3.32. The van der Waals surface area contributed by atoms with Crippen LogP contribution in [0.5, 0.6) is 0 Å². The standard InChI is InChI=1S/C9H18N2OS/c1-3-4-8-7(5-6-13-8)11-9(12)10-2/h7-8H,3-6H2,1-2H3,(H2,10,11,12)/t7-,8-/m0/s1. The van der Waals surface area contributed by atoms with Crippen molar-refractivity contribution in [2.24, 2.45) is 0 Å². The highest BCUT2D eigenvalue weighted by Gasteiger charge is 2.27. The topological polar surface area (TPSA) is 41.1 Å². The minimum absolute atomic E-state index is 0.0476. The van der Waals surface area contributed by atoms with Crippen molar-refractivity contribution in [3.05, 3.63) is 0 Å². The molecule has 0 aliphatic carbocycles. The lowest BCUT2D eigenvalue weighted by Crippen LogP contribution is -2.43. The number of rotatable bonds is 3. The van der Waals surface area contributed by atoms with E-state index in [1.807, 2.05) is 11.8 Å². The largest absolute Gasteiger partial charge is 0.341 e. The first-order valence-corrected chi connectivity index (χ1v) is 5.92. The molecule has 1 aliphatic heterocycles. The van der Waals surface area contributed by atoms with Gasteiger partial charge in [-0.15, -0.1) is 0 Å². The molecule has 0 aromatic heterocycles. The number of carbonyl (C=O) groups is 1. The number of nitrogens with one attached hydrogen (secondary N) is 2. The lowest BCUT2D eigenvalue weighted by atomic mass is 10.1. The molecule has 1 saturated heterocycles. The maximum Gasteiger partial charge on any atom is 0.314 e. The van der Waals surface area contributed by atoms with Crippen molar-refractivity contribution in [1.29, 1.82) is 0 Å². The molecular weight excluding hydrogens is 184 g/mol. The average molecular weight is 202 g/mol. The molecule has 4 heteroatoms. The van der Waals surface area contributed by atoms with Crippen molar-refractivity contribution in [3.63, 3.8) is 0 Å². The fraction of sp³-hybridized carbons (Fsp3) is 0.889. The summed E-state index contributed by atoms with van der Waals surface area (Å²) < 4.78 is 0. The quantitative estimate of drug-likeness (QED) is 0.729. The van der Waals surface area contributed by atoms with Gasteiger partial charge in [0, 0.05) is 18.3 Å². The van der Waals surface area contributed by atoms with E-state index in [1.165, 1.54) is 18.6 Å². The van der Waals surface area contributed by atoms with E-state index >= 15 is 0 Å². The van der Waals surface area contributed by atoms with Crippen molar-refractivity contribution in [2.45, 2.75) is 37.5 Å². The van der Waals surface area contributed by atoms with E-state index in [-0.39, 0.29) is 6.03 Å². The van der Waals surface area contributed by atoms with Crippen LogP contribution in [0, 0.1) is 0 Å². The number of hydrogen-bond acceptors (Lipinski definition) is 2. The zero-order chi connectivity index (χ0) is 9.68. The molecule has 13 heavy (non-hydrogen) atoms. The molecule has 1 fully saturated rings. The molecule has 2 atom stereocenters. The van der Waals surface area contributed by atoms with Gasteiger partial charge in [-0.2, -0.15) is 11.8 Å². The molecule has 0 aromatic rings. The predicted octanol–water partition coefficient (Wildman–Crippen LogP) is 1.59. The maximum atomic E-state index is 11.1. The first kappa shape index (κ1) is 10.7. The lowest BCUT2D eigenvalue weighted by molar-refractivity contribution is 0.238. The fourth-order valence-corrected chi connectivity index (χ4v) is 3.15. The van der Waals surface area contributed by atoms with Gasteiger partial charge in [0.25, 0.3) is 0 Å². The summed E-state index contributed by atoms with van der Waals surface area (Å²) in [4.78, 5) is 11.1. The Bertz CT molecular complexity index is 175. The molecule has 2 amide bonds. The van der Waals surface area contributed by atoms with Gasteiger partial charge in [0.1, 0.15) is 0 Å². The van der Waals surface area contributed by atoms with Gasteiger partial charge in [-0.1, -0.05) is 13.3 Å². The molecule has 0 bridgehead atoms. The van der Waals surface area contributed by atoms with Gasteiger partial charge in [0.05, 0.1) is 0 Å². The van der Waals surface area contributed by atoms with E-state index in [4.69, 9.17) is 0 Å². The highest BCUT2D eigenvalue weighted by molar-refractivity contribution is 8.00. The summed E-state index contributed by atoms with van der Waals surface area (Å²) in [5.74, 6) is 1.18. The van der Waals surface area contributed by atoms with Gasteiger partial charge in [-0.25, -0.2) is 4.79 Å². The number of hydrogen-bond donors (Lipinski definition) is 2. The molecule has 2 N–H and O–H groups in total. The van der Waals surface area contributed by atoms with Crippen LogP contribution in [-0.2, 0) is 0 Å². The number of urea groups is 1. The molecule has 0 spiro atoms. The van der Waals surface area contributed by atoms with Gasteiger partial charge in [-0.3, -0.25) is 0 Å². The Morgan fingerprint density at radius 3 is 3.00 bits per heavy atom. The smallest absolute Gasteiger partial charge is 0.314 e. The van der Waals surface area contributed by atoms with E-state index in [2.05, 4.69) is 17.6 Å². The maximum absolute atomic E-state index is 11.1. The third-order valence-corrected chi connectivity index (χ3v) is 3.79. The molecule has 0 radical (unpaired) electrons. The van der Waals surface area contributed by atoms with Gasteiger partial charge < -0.3 is 10.6 Å². The number of amides is 2. The Hall–Kier alpha value is -0.380. The van der Waals surface area contributed by atoms with Crippen LogP contribution in [0.1, 0.15) is 26.2 Å². The fourth-order valence-electron chi connectivity index (χ4n) is 1.62. The molecule has 1 rings (SSSR count). The molecule has 76 valence electrons. The van der Waals surface area contributed by atoms with Gasteiger partial charge in [-0.05, 0) is 18.6 Å². The van der Waals surface area contributed by atoms with Crippen molar-refractivity contribution in [2.75, 3.05) is 12.8 Å². The van der Waals surface area contributed by atoms with Crippen molar-refractivity contribution in [1.82, 2.24) is 10.6 Å². The van der Waals surface area contributed by atoms with Gasteiger partial charge >= 0.3 is 6.03 Å². The Kier molecular flexibility index (Phi) is 4.42. The zero-order valence-corrected chi connectivity index (χ0v) is 9.12. The minimum atomic E-state index is -0.0476. The van der Waals surface area contributed by atoms with E-state index in [0.717, 1.165) is 6.42 Å². The molecule has 0 unspecified atom stereocenters. The molecular formula is C9H18N2OS. The van der Waals surface area contributed by atoms with E-state index in [0.29, 0.717) is 11.3 Å². The molecule has 0 aromatic carbocycles. The van der Waals surface area contributed by atoms with Crippen molar-refractivity contribution < 1.29 is 4.79 Å². The molecule has 0 saturated carbocycles. The number of carbonyl (C=O) groups excluding carboxylic acids is 1. The van der Waals surface area contributed by atoms with Crippen molar-refractivity contribution in [3.8, 4) is 0 Å². The van der Waals surface area contributed by atoms with Crippen molar-refractivity contribution >= 4 is 17.8 Å². The Morgan fingerprint density at radius 1 is 1.62 bits per heavy atom. The van der Waals surface area contributed by atoms with Crippen LogP contribution in [0.4, 0.5) is 4.79 Å². The second-order valence-corrected chi connectivity index (χ2v) is 4.66. The Labute approximate surface area is 84.0 Å². The van der Waals surface area contributed by atoms with Crippen LogP contribution in [0.15, 0.2) is 0 Å². The van der Waals surface area contributed by atoms with Crippen LogP contribution >= 0.6 is 11.8 Å². The predicted molar refractivity (Wildman–Crippen MR) is 57.2 cm³/mol. The van der Waals surface area contributed by atoms with E-state index < -0.39 is 0 Å². The van der Waals surface area contributed by atoms with Crippen LogP contribution in [0.3, 0.4) is 0 Å². The third-order valence-electron chi connectivity index (χ3n) is 2.33. The minimum Gasteiger partial charge on any atom is -0.341 e.